The van der Waals surface area contributed by atoms with Gasteiger partial charge < -0.3 is 0 Å². The monoisotopic (exact) mass is 306 g/mol. The topological polar surface area (TPSA) is 55.9 Å². The Morgan fingerprint density at radius 1 is 1.33 bits per heavy atom. The maximum Gasteiger partial charge on any atom is 0.0847 e. The Balaban J connectivity index is 2.16. The largest absolute Gasteiger partial charge is 0.271 e. The normalized spacial score (nSPS) is 12.6. The molecule has 5 heteroatoms. The summed E-state index contributed by atoms with van der Waals surface area (Å²) in [5.41, 5.74) is 7.36. The number of benzene rings is 1. The first-order chi connectivity index (χ1) is 10.0. The van der Waals surface area contributed by atoms with Crippen LogP contribution in [0.1, 0.15) is 29.4 Å². The molecule has 0 spiro atoms. The molecule has 0 bridgehead atoms. The summed E-state index contributed by atoms with van der Waals surface area (Å²) in [5, 5.41) is 5.20. The zero-order chi connectivity index (χ0) is 15.4. The van der Waals surface area contributed by atoms with Crippen molar-refractivity contribution in [3.05, 3.63) is 51.8 Å². The van der Waals surface area contributed by atoms with Crippen molar-refractivity contribution in [2.24, 2.45) is 5.84 Å². The molecule has 21 heavy (non-hydrogen) atoms. The number of nitrogens with two attached hydrogens (primary N) is 1. The van der Waals surface area contributed by atoms with E-state index in [4.69, 9.17) is 17.4 Å². The first-order valence-electron chi connectivity index (χ1n) is 7.28. The van der Waals surface area contributed by atoms with Crippen LogP contribution in [-0.4, -0.2) is 15.8 Å². The SMILES string of the molecule is CCn1nc(C)c(Cl)c1CC(Cc1cccc(C)c1)NN. The highest BCUT2D eigenvalue weighted by atomic mass is 35.5. The Morgan fingerprint density at radius 3 is 2.71 bits per heavy atom. The standard InChI is InChI=1S/C16H23ClN4/c1-4-21-15(16(17)12(3)20-21)10-14(19-18)9-13-7-5-6-11(2)8-13/h5-8,14,19H,4,9-10,18H2,1-3H3. The fraction of sp³-hybridized carbons (Fsp3) is 0.438. The number of halogens is 1. The second kappa shape index (κ2) is 7.07. The Bertz CT molecular complexity index is 606. The van der Waals surface area contributed by atoms with Crippen LogP contribution >= 0.6 is 11.6 Å². The summed E-state index contributed by atoms with van der Waals surface area (Å²) in [6.07, 6.45) is 1.63. The third-order valence-electron chi connectivity index (χ3n) is 3.69. The lowest BCUT2D eigenvalue weighted by Gasteiger charge is -2.17. The van der Waals surface area contributed by atoms with E-state index in [0.717, 1.165) is 35.8 Å². The molecule has 0 aliphatic rings. The van der Waals surface area contributed by atoms with E-state index >= 15 is 0 Å². The van der Waals surface area contributed by atoms with E-state index in [2.05, 4.69) is 48.6 Å². The van der Waals surface area contributed by atoms with Gasteiger partial charge in [0.25, 0.3) is 0 Å². The molecule has 0 saturated carbocycles. The van der Waals surface area contributed by atoms with E-state index in [0.29, 0.717) is 0 Å². The number of nitrogens with zero attached hydrogens (tertiary/aromatic N) is 2. The number of hydrogen-bond donors (Lipinski definition) is 2. The summed E-state index contributed by atoms with van der Waals surface area (Å²) in [4.78, 5) is 0. The second-order valence-corrected chi connectivity index (χ2v) is 5.80. The van der Waals surface area contributed by atoms with Gasteiger partial charge in [0.15, 0.2) is 0 Å². The molecule has 1 aromatic carbocycles. The lowest BCUT2D eigenvalue weighted by Crippen LogP contribution is -2.39. The van der Waals surface area contributed by atoms with Crippen molar-refractivity contribution in [2.75, 3.05) is 0 Å². The molecular weight excluding hydrogens is 284 g/mol. The summed E-state index contributed by atoms with van der Waals surface area (Å²) in [5.74, 6) is 5.73. The van der Waals surface area contributed by atoms with E-state index in [9.17, 15) is 0 Å². The molecule has 4 nitrogen and oxygen atoms in total. The highest BCUT2D eigenvalue weighted by Crippen LogP contribution is 2.22. The van der Waals surface area contributed by atoms with Crippen molar-refractivity contribution < 1.29 is 0 Å². The quantitative estimate of drug-likeness (QED) is 0.637. The number of aromatic nitrogens is 2. The molecule has 2 rings (SSSR count). The second-order valence-electron chi connectivity index (χ2n) is 5.42. The van der Waals surface area contributed by atoms with Crippen LogP contribution in [0.15, 0.2) is 24.3 Å². The summed E-state index contributed by atoms with van der Waals surface area (Å²) in [6.45, 7) is 6.91. The average molecular weight is 307 g/mol. The van der Waals surface area contributed by atoms with E-state index < -0.39 is 0 Å². The van der Waals surface area contributed by atoms with Crippen LogP contribution in [0, 0.1) is 13.8 Å². The van der Waals surface area contributed by atoms with Crippen molar-refractivity contribution in [2.45, 2.75) is 46.2 Å². The predicted molar refractivity (Wildman–Crippen MR) is 87.3 cm³/mol. The van der Waals surface area contributed by atoms with Gasteiger partial charge in [-0.05, 0) is 32.8 Å². The number of rotatable bonds is 6. The van der Waals surface area contributed by atoms with Gasteiger partial charge in [-0.25, -0.2) is 0 Å². The zero-order valence-corrected chi connectivity index (χ0v) is 13.6. The summed E-state index contributed by atoms with van der Waals surface area (Å²) in [6, 6.07) is 8.62. The molecular formula is C16H23ClN4. The Morgan fingerprint density at radius 2 is 2.10 bits per heavy atom. The maximum atomic E-state index is 6.37. The van der Waals surface area contributed by atoms with Crippen LogP contribution in [0.2, 0.25) is 5.02 Å². The number of hydrogen-bond acceptors (Lipinski definition) is 3. The molecule has 0 saturated heterocycles. The molecule has 1 aromatic heterocycles. The van der Waals surface area contributed by atoms with Gasteiger partial charge in [-0.3, -0.25) is 16.0 Å². The number of aryl methyl sites for hydroxylation is 3. The molecule has 0 aliphatic carbocycles. The smallest absolute Gasteiger partial charge is 0.0847 e. The molecule has 114 valence electrons. The first-order valence-corrected chi connectivity index (χ1v) is 7.66. The minimum atomic E-state index is 0.130. The van der Waals surface area contributed by atoms with Crippen LogP contribution in [0.5, 0.6) is 0 Å². The fourth-order valence-electron chi connectivity index (χ4n) is 2.61. The highest BCUT2D eigenvalue weighted by molar-refractivity contribution is 6.31. The lowest BCUT2D eigenvalue weighted by molar-refractivity contribution is 0.496. The third kappa shape index (κ3) is 3.84. The first kappa shape index (κ1) is 16.0. The zero-order valence-electron chi connectivity index (χ0n) is 12.9. The Hall–Kier alpha value is -1.36. The average Bonchev–Trinajstić information content (AvgIpc) is 2.74. The van der Waals surface area contributed by atoms with Crippen molar-refractivity contribution in [3.63, 3.8) is 0 Å². The van der Waals surface area contributed by atoms with Crippen molar-refractivity contribution in [1.29, 1.82) is 0 Å². The van der Waals surface area contributed by atoms with Crippen molar-refractivity contribution in [3.8, 4) is 0 Å². The molecule has 2 aromatic rings. The molecule has 0 amide bonds. The van der Waals surface area contributed by atoms with E-state index in [1.54, 1.807) is 0 Å². The van der Waals surface area contributed by atoms with E-state index in [-0.39, 0.29) is 6.04 Å². The molecule has 0 aliphatic heterocycles. The third-order valence-corrected chi connectivity index (χ3v) is 4.18. The van der Waals surface area contributed by atoms with E-state index in [1.165, 1.54) is 11.1 Å². The molecule has 1 heterocycles. The molecule has 0 fully saturated rings. The Kier molecular flexibility index (Phi) is 5.39. The highest BCUT2D eigenvalue weighted by Gasteiger charge is 2.17. The minimum absolute atomic E-state index is 0.130. The van der Waals surface area contributed by atoms with Crippen LogP contribution in [0.25, 0.3) is 0 Å². The summed E-state index contributed by atoms with van der Waals surface area (Å²) >= 11 is 6.37. The number of nitrogens with one attached hydrogen (secondary N) is 1. The van der Waals surface area contributed by atoms with Gasteiger partial charge >= 0.3 is 0 Å². The molecule has 3 N–H and O–H groups in total. The van der Waals surface area contributed by atoms with Crippen molar-refractivity contribution in [1.82, 2.24) is 15.2 Å². The summed E-state index contributed by atoms with van der Waals surface area (Å²) < 4.78 is 1.96. The maximum absolute atomic E-state index is 6.37. The van der Waals surface area contributed by atoms with Gasteiger partial charge in [0.05, 0.1) is 16.4 Å². The van der Waals surface area contributed by atoms with Gasteiger partial charge in [-0.1, -0.05) is 41.4 Å². The van der Waals surface area contributed by atoms with Gasteiger partial charge in [0.1, 0.15) is 0 Å². The van der Waals surface area contributed by atoms with Gasteiger partial charge in [-0.15, -0.1) is 0 Å². The Labute approximate surface area is 131 Å². The fourth-order valence-corrected chi connectivity index (χ4v) is 2.82. The van der Waals surface area contributed by atoms with Crippen LogP contribution in [0.4, 0.5) is 0 Å². The van der Waals surface area contributed by atoms with Crippen LogP contribution in [-0.2, 0) is 19.4 Å². The van der Waals surface area contributed by atoms with Crippen LogP contribution in [0.3, 0.4) is 0 Å². The van der Waals surface area contributed by atoms with Crippen molar-refractivity contribution >= 4 is 11.6 Å². The van der Waals surface area contributed by atoms with Gasteiger partial charge in [0, 0.05) is 19.0 Å². The molecule has 1 atom stereocenters. The molecule has 1 unspecified atom stereocenters. The molecule has 0 radical (unpaired) electrons. The summed E-state index contributed by atoms with van der Waals surface area (Å²) in [7, 11) is 0. The van der Waals surface area contributed by atoms with Gasteiger partial charge in [0.2, 0.25) is 0 Å². The predicted octanol–water partition coefficient (Wildman–Crippen LogP) is 2.79. The van der Waals surface area contributed by atoms with E-state index in [1.807, 2.05) is 11.6 Å². The minimum Gasteiger partial charge on any atom is -0.271 e. The van der Waals surface area contributed by atoms with Crippen LogP contribution < -0.4 is 11.3 Å². The number of hydrazine groups is 1. The lowest BCUT2D eigenvalue weighted by atomic mass is 10.0. The van der Waals surface area contributed by atoms with Gasteiger partial charge in [-0.2, -0.15) is 5.10 Å².